The van der Waals surface area contributed by atoms with Crippen LogP contribution in [0.3, 0.4) is 0 Å². The molecule has 0 radical (unpaired) electrons. The van der Waals surface area contributed by atoms with Gasteiger partial charge in [-0.15, -0.1) is 0 Å². The van der Waals surface area contributed by atoms with E-state index in [-0.39, 0.29) is 5.56 Å². The third-order valence-electron chi connectivity index (χ3n) is 4.13. The summed E-state index contributed by atoms with van der Waals surface area (Å²) < 4.78 is 1.73. The number of rotatable bonds is 3. The van der Waals surface area contributed by atoms with Crippen LogP contribution in [0.4, 0.5) is 0 Å². The Balaban J connectivity index is 1.94. The van der Waals surface area contributed by atoms with E-state index < -0.39 is 0 Å². The van der Waals surface area contributed by atoms with E-state index in [2.05, 4.69) is 4.98 Å². The lowest BCUT2D eigenvalue weighted by molar-refractivity contribution is 0.784. The maximum Gasteiger partial charge on any atom is 0.253 e. The van der Waals surface area contributed by atoms with Gasteiger partial charge in [-0.05, 0) is 28.8 Å². The van der Waals surface area contributed by atoms with E-state index in [0.29, 0.717) is 12.2 Å². The van der Waals surface area contributed by atoms with Gasteiger partial charge in [0.05, 0.1) is 6.54 Å². The molecule has 3 nitrogen and oxygen atoms in total. The Bertz CT molecular complexity index is 1040. The van der Waals surface area contributed by atoms with E-state index >= 15 is 0 Å². The van der Waals surface area contributed by atoms with Crippen molar-refractivity contribution in [2.75, 3.05) is 0 Å². The zero-order valence-electron chi connectivity index (χ0n) is 13.1. The highest BCUT2D eigenvalue weighted by Crippen LogP contribution is 2.26. The van der Waals surface area contributed by atoms with Crippen molar-refractivity contribution in [3.05, 3.63) is 101 Å². The molecule has 0 saturated carbocycles. The first-order valence-electron chi connectivity index (χ1n) is 7.91. The van der Waals surface area contributed by atoms with Gasteiger partial charge in [0, 0.05) is 17.6 Å². The number of aromatic nitrogens is 2. The summed E-state index contributed by atoms with van der Waals surface area (Å²) in [4.78, 5) is 17.2. The van der Waals surface area contributed by atoms with Crippen LogP contribution >= 0.6 is 0 Å². The molecule has 0 saturated heterocycles. The monoisotopic (exact) mass is 312 g/mol. The number of benzene rings is 2. The lowest BCUT2D eigenvalue weighted by Crippen LogP contribution is -2.21. The van der Waals surface area contributed by atoms with E-state index in [1.807, 2.05) is 72.8 Å². The van der Waals surface area contributed by atoms with Gasteiger partial charge in [-0.3, -0.25) is 9.36 Å². The fourth-order valence-electron chi connectivity index (χ4n) is 2.98. The van der Waals surface area contributed by atoms with Gasteiger partial charge >= 0.3 is 0 Å². The van der Waals surface area contributed by atoms with Crippen molar-refractivity contribution in [3.63, 3.8) is 0 Å². The molecule has 2 heterocycles. The van der Waals surface area contributed by atoms with E-state index in [1.165, 1.54) is 0 Å². The topological polar surface area (TPSA) is 34.9 Å². The first kappa shape index (κ1) is 14.4. The fourth-order valence-corrected chi connectivity index (χ4v) is 2.98. The van der Waals surface area contributed by atoms with Crippen molar-refractivity contribution in [3.8, 4) is 11.1 Å². The second-order valence-corrected chi connectivity index (χ2v) is 5.71. The van der Waals surface area contributed by atoms with E-state index in [1.54, 1.807) is 16.8 Å². The largest absolute Gasteiger partial charge is 0.288 e. The Labute approximate surface area is 139 Å². The van der Waals surface area contributed by atoms with Crippen LogP contribution in [0.25, 0.3) is 22.2 Å². The van der Waals surface area contributed by atoms with Gasteiger partial charge in [0.15, 0.2) is 0 Å². The minimum atomic E-state index is -0.0380. The van der Waals surface area contributed by atoms with Gasteiger partial charge < -0.3 is 0 Å². The lowest BCUT2D eigenvalue weighted by Gasteiger charge is -2.13. The molecule has 24 heavy (non-hydrogen) atoms. The number of hydrogen-bond acceptors (Lipinski definition) is 2. The molecule has 4 aromatic rings. The molecule has 2 aromatic heterocycles. The van der Waals surface area contributed by atoms with Crippen LogP contribution < -0.4 is 5.56 Å². The molecule has 0 unspecified atom stereocenters. The van der Waals surface area contributed by atoms with Crippen molar-refractivity contribution >= 4 is 11.0 Å². The zero-order chi connectivity index (χ0) is 16.4. The summed E-state index contributed by atoms with van der Waals surface area (Å²) in [6, 6.07) is 25.6. The van der Waals surface area contributed by atoms with Crippen molar-refractivity contribution < 1.29 is 0 Å². The fraction of sp³-hybridized carbons (Fsp3) is 0.0476. The Morgan fingerprint density at radius 1 is 0.833 bits per heavy atom. The standard InChI is InChI=1S/C21H16N2O/c24-20-14-19(17-10-5-2-6-11-17)18-12-7-13-22-21(18)23(20)15-16-8-3-1-4-9-16/h1-14H,15H2. The molecule has 0 atom stereocenters. The van der Waals surface area contributed by atoms with E-state index in [9.17, 15) is 4.79 Å². The van der Waals surface area contributed by atoms with E-state index in [0.717, 1.165) is 22.1 Å². The van der Waals surface area contributed by atoms with Crippen molar-refractivity contribution in [1.29, 1.82) is 0 Å². The predicted octanol–water partition coefficient (Wildman–Crippen LogP) is 4.11. The highest BCUT2D eigenvalue weighted by Gasteiger charge is 2.11. The molecule has 116 valence electrons. The summed E-state index contributed by atoms with van der Waals surface area (Å²) in [5.41, 5.74) is 3.71. The Kier molecular flexibility index (Phi) is 3.67. The van der Waals surface area contributed by atoms with Crippen LogP contribution in [-0.4, -0.2) is 9.55 Å². The van der Waals surface area contributed by atoms with Crippen LogP contribution in [0.15, 0.2) is 89.9 Å². The average molecular weight is 312 g/mol. The molecule has 0 fully saturated rings. The normalized spacial score (nSPS) is 10.8. The summed E-state index contributed by atoms with van der Waals surface area (Å²) >= 11 is 0. The molecule has 0 spiro atoms. The summed E-state index contributed by atoms with van der Waals surface area (Å²) in [7, 11) is 0. The number of hydrogen-bond donors (Lipinski definition) is 0. The average Bonchev–Trinajstić information content (AvgIpc) is 2.65. The third-order valence-corrected chi connectivity index (χ3v) is 4.13. The molecule has 0 aliphatic carbocycles. The van der Waals surface area contributed by atoms with Crippen LogP contribution in [0.1, 0.15) is 5.56 Å². The summed E-state index contributed by atoms with van der Waals surface area (Å²) in [6.45, 7) is 0.516. The number of nitrogens with zero attached hydrogens (tertiary/aromatic N) is 2. The van der Waals surface area contributed by atoms with Crippen molar-refractivity contribution in [1.82, 2.24) is 9.55 Å². The van der Waals surface area contributed by atoms with Gasteiger partial charge in [0.1, 0.15) is 5.65 Å². The minimum absolute atomic E-state index is 0.0380. The minimum Gasteiger partial charge on any atom is -0.288 e. The summed E-state index contributed by atoms with van der Waals surface area (Å²) in [6.07, 6.45) is 1.73. The smallest absolute Gasteiger partial charge is 0.253 e. The van der Waals surface area contributed by atoms with Gasteiger partial charge in [-0.2, -0.15) is 0 Å². The molecule has 0 bridgehead atoms. The molecule has 3 heteroatoms. The summed E-state index contributed by atoms with van der Waals surface area (Å²) in [5, 5.41) is 0.985. The van der Waals surface area contributed by atoms with Gasteiger partial charge in [-0.1, -0.05) is 60.7 Å². The second-order valence-electron chi connectivity index (χ2n) is 5.71. The van der Waals surface area contributed by atoms with Crippen LogP contribution in [0.2, 0.25) is 0 Å². The maximum atomic E-state index is 12.8. The molecule has 0 aliphatic rings. The zero-order valence-corrected chi connectivity index (χ0v) is 13.1. The second kappa shape index (κ2) is 6.13. The highest BCUT2D eigenvalue weighted by molar-refractivity contribution is 5.92. The molecule has 0 N–H and O–H groups in total. The number of fused-ring (bicyclic) bond motifs is 1. The first-order valence-corrected chi connectivity index (χ1v) is 7.91. The number of pyridine rings is 2. The third kappa shape index (κ3) is 2.61. The van der Waals surface area contributed by atoms with Crippen molar-refractivity contribution in [2.45, 2.75) is 6.54 Å². The quantitative estimate of drug-likeness (QED) is 0.570. The highest BCUT2D eigenvalue weighted by atomic mass is 16.1. The molecule has 2 aromatic carbocycles. The molecule has 4 rings (SSSR count). The van der Waals surface area contributed by atoms with Crippen LogP contribution in [-0.2, 0) is 6.54 Å². The molecular weight excluding hydrogens is 296 g/mol. The maximum absolute atomic E-state index is 12.8. The van der Waals surface area contributed by atoms with Gasteiger partial charge in [0.2, 0.25) is 0 Å². The molecule has 0 amide bonds. The van der Waals surface area contributed by atoms with Crippen LogP contribution in [0, 0.1) is 0 Å². The Hall–Kier alpha value is -3.20. The SMILES string of the molecule is O=c1cc(-c2ccccc2)c2cccnc2n1Cc1ccccc1. The van der Waals surface area contributed by atoms with E-state index in [4.69, 9.17) is 0 Å². The molecular formula is C21H16N2O. The predicted molar refractivity (Wildman–Crippen MR) is 97.0 cm³/mol. The first-order chi connectivity index (χ1) is 11.8. The Morgan fingerprint density at radius 3 is 2.29 bits per heavy atom. The van der Waals surface area contributed by atoms with Crippen LogP contribution in [0.5, 0.6) is 0 Å². The summed E-state index contributed by atoms with van der Waals surface area (Å²) in [5.74, 6) is 0. The van der Waals surface area contributed by atoms with Gasteiger partial charge in [-0.25, -0.2) is 4.98 Å². The lowest BCUT2D eigenvalue weighted by atomic mass is 10.0. The van der Waals surface area contributed by atoms with Crippen molar-refractivity contribution in [2.24, 2.45) is 0 Å². The molecule has 0 aliphatic heterocycles. The Morgan fingerprint density at radius 2 is 1.54 bits per heavy atom. The van der Waals surface area contributed by atoms with Gasteiger partial charge in [0.25, 0.3) is 5.56 Å².